The SMILES string of the molecule is C=C(C#N)/N=C(\NC)C(=O)Nc1ccc(C2C[C@@]3(C)O[C@@](C)(C2)[C@@H]2OC(C)(C)O[C@@H]23)cc1C1=CCC(C)(C)CC1. The van der Waals surface area contributed by atoms with Crippen LogP contribution >= 0.6 is 0 Å². The minimum atomic E-state index is -0.613. The molecule has 5 atom stereocenters. The number of nitrogens with zero attached hydrogens (tertiary/aromatic N) is 2. The van der Waals surface area contributed by atoms with E-state index in [4.69, 9.17) is 19.5 Å². The van der Waals surface area contributed by atoms with Gasteiger partial charge in [-0.05, 0) is 94.4 Å². The van der Waals surface area contributed by atoms with Gasteiger partial charge in [-0.1, -0.05) is 32.6 Å². The lowest BCUT2D eigenvalue weighted by atomic mass is 9.75. The summed E-state index contributed by atoms with van der Waals surface area (Å²) in [5.41, 5.74) is 3.53. The Morgan fingerprint density at radius 1 is 1.10 bits per heavy atom. The van der Waals surface area contributed by atoms with Gasteiger partial charge in [-0.2, -0.15) is 5.26 Å². The Morgan fingerprint density at radius 3 is 2.30 bits per heavy atom. The van der Waals surface area contributed by atoms with Gasteiger partial charge in [0.2, 0.25) is 0 Å². The highest BCUT2D eigenvalue weighted by atomic mass is 16.8. The maximum atomic E-state index is 13.1. The fourth-order valence-electron chi connectivity index (χ4n) is 6.98. The van der Waals surface area contributed by atoms with Crippen LogP contribution in [0.15, 0.2) is 41.5 Å². The Morgan fingerprint density at radius 2 is 1.75 bits per heavy atom. The Kier molecular flexibility index (Phi) is 7.01. The highest BCUT2D eigenvalue weighted by molar-refractivity contribution is 6.42. The van der Waals surface area contributed by atoms with Crippen LogP contribution in [0.3, 0.4) is 0 Å². The highest BCUT2D eigenvalue weighted by Gasteiger charge is 2.68. The minimum absolute atomic E-state index is 0.0375. The van der Waals surface area contributed by atoms with Crippen molar-refractivity contribution >= 4 is 23.0 Å². The molecule has 3 saturated heterocycles. The molecule has 3 fully saturated rings. The van der Waals surface area contributed by atoms with Crippen molar-refractivity contribution < 1.29 is 19.0 Å². The molecule has 1 aliphatic carbocycles. The van der Waals surface area contributed by atoms with Crippen molar-refractivity contribution in [2.24, 2.45) is 10.4 Å². The number of fused-ring (bicyclic) bond motifs is 5. The van der Waals surface area contributed by atoms with Crippen LogP contribution in [-0.4, -0.2) is 48.0 Å². The number of allylic oxidation sites excluding steroid dienone is 3. The van der Waals surface area contributed by atoms with E-state index in [1.54, 1.807) is 7.05 Å². The Labute approximate surface area is 237 Å². The van der Waals surface area contributed by atoms with Crippen LogP contribution < -0.4 is 10.6 Å². The summed E-state index contributed by atoms with van der Waals surface area (Å²) in [6.45, 7) is 16.4. The largest absolute Gasteiger partial charge is 0.369 e. The molecule has 1 aromatic carbocycles. The lowest BCUT2D eigenvalue weighted by molar-refractivity contribution is -0.242. The van der Waals surface area contributed by atoms with Crippen molar-refractivity contribution in [3.05, 3.63) is 47.7 Å². The summed E-state index contributed by atoms with van der Waals surface area (Å²) >= 11 is 0. The van der Waals surface area contributed by atoms with Crippen LogP contribution in [0.1, 0.15) is 90.7 Å². The summed E-state index contributed by atoms with van der Waals surface area (Å²) in [7, 11) is 1.60. The highest BCUT2D eigenvalue weighted by Crippen LogP contribution is 2.58. The number of amidine groups is 1. The third-order valence-electron chi connectivity index (χ3n) is 8.98. The smallest absolute Gasteiger partial charge is 0.291 e. The number of anilines is 1. The molecular formula is C32H42N4O4. The number of nitrogens with one attached hydrogen (secondary N) is 2. The standard InChI is InChI=1S/C32H42N4O4/c1-19(18-33)35-27(34-8)28(37)36-24-10-9-21(15-23(24)20-11-13-29(2,3)14-12-20)22-16-31(6)25-26(32(7,17-22)40-31)39-30(4,5)38-25/h9-11,15,22,25-26H,1,12-14,16-17H2,2-8H3,(H,34,35)(H,36,37)/t22?,25-,26+,31+,32-. The van der Waals surface area contributed by atoms with Crippen molar-refractivity contribution in [3.63, 3.8) is 0 Å². The lowest BCUT2D eigenvalue weighted by Gasteiger charge is -2.43. The molecule has 0 saturated carbocycles. The number of benzene rings is 1. The Balaban J connectivity index is 1.48. The quantitative estimate of drug-likeness (QED) is 0.280. The van der Waals surface area contributed by atoms with E-state index in [1.165, 1.54) is 11.1 Å². The van der Waals surface area contributed by atoms with Gasteiger partial charge in [0, 0.05) is 18.3 Å². The molecule has 1 aromatic rings. The normalized spacial score (nSPS) is 33.9. The molecule has 4 aliphatic rings. The van der Waals surface area contributed by atoms with Gasteiger partial charge < -0.3 is 24.8 Å². The number of amides is 1. The predicted molar refractivity (Wildman–Crippen MR) is 156 cm³/mol. The molecule has 1 unspecified atom stereocenters. The summed E-state index contributed by atoms with van der Waals surface area (Å²) in [6.07, 6.45) is 6.73. The molecule has 2 N–H and O–H groups in total. The van der Waals surface area contributed by atoms with E-state index < -0.39 is 22.9 Å². The molecule has 0 aromatic heterocycles. The predicted octanol–water partition coefficient (Wildman–Crippen LogP) is 5.82. The fraction of sp³-hybridized carbons (Fsp3) is 0.594. The van der Waals surface area contributed by atoms with E-state index in [2.05, 4.69) is 68.1 Å². The van der Waals surface area contributed by atoms with Gasteiger partial charge in [0.25, 0.3) is 5.91 Å². The second-order valence-electron chi connectivity index (χ2n) is 13.4. The molecule has 0 radical (unpaired) electrons. The number of nitriles is 1. The summed E-state index contributed by atoms with van der Waals surface area (Å²) in [5.74, 6) is -0.741. The van der Waals surface area contributed by atoms with Crippen molar-refractivity contribution in [1.82, 2.24) is 5.32 Å². The monoisotopic (exact) mass is 546 g/mol. The summed E-state index contributed by atoms with van der Waals surface area (Å²) in [5, 5.41) is 14.9. The van der Waals surface area contributed by atoms with Crippen LogP contribution in [0.5, 0.6) is 0 Å². The zero-order valence-electron chi connectivity index (χ0n) is 24.8. The van der Waals surface area contributed by atoms with E-state index in [1.807, 2.05) is 26.0 Å². The summed E-state index contributed by atoms with van der Waals surface area (Å²) < 4.78 is 19.4. The molecule has 3 heterocycles. The number of carbonyl (C=O) groups is 1. The van der Waals surface area contributed by atoms with Crippen LogP contribution in [0.2, 0.25) is 0 Å². The van der Waals surface area contributed by atoms with Gasteiger partial charge >= 0.3 is 0 Å². The lowest BCUT2D eigenvalue weighted by Crippen LogP contribution is -2.46. The van der Waals surface area contributed by atoms with Gasteiger partial charge in [-0.15, -0.1) is 0 Å². The van der Waals surface area contributed by atoms with Gasteiger partial charge in [0.15, 0.2) is 11.6 Å². The van der Waals surface area contributed by atoms with E-state index in [-0.39, 0.29) is 35.1 Å². The average Bonchev–Trinajstić information content (AvgIpc) is 3.30. The van der Waals surface area contributed by atoms with Crippen LogP contribution in [0, 0.1) is 16.7 Å². The number of hydrogen-bond acceptors (Lipinski definition) is 6. The molecule has 2 bridgehead atoms. The average molecular weight is 547 g/mol. The number of likely N-dealkylation sites (N-methyl/N-ethyl adjacent to an activating group) is 1. The molecule has 5 rings (SSSR count). The number of hydrogen-bond donors (Lipinski definition) is 2. The zero-order chi connectivity index (χ0) is 29.1. The van der Waals surface area contributed by atoms with Gasteiger partial charge in [0.1, 0.15) is 24.0 Å². The third kappa shape index (κ3) is 5.23. The van der Waals surface area contributed by atoms with E-state index in [0.717, 1.165) is 43.4 Å². The van der Waals surface area contributed by atoms with E-state index >= 15 is 0 Å². The summed E-state index contributed by atoms with van der Waals surface area (Å²) in [6, 6.07) is 8.21. The molecule has 214 valence electrons. The molecule has 1 amide bonds. The van der Waals surface area contributed by atoms with Crippen molar-refractivity contribution in [2.75, 3.05) is 12.4 Å². The van der Waals surface area contributed by atoms with Crippen molar-refractivity contribution in [2.45, 2.75) is 109 Å². The van der Waals surface area contributed by atoms with Gasteiger partial charge in [-0.25, -0.2) is 4.99 Å². The van der Waals surface area contributed by atoms with Crippen LogP contribution in [-0.2, 0) is 19.0 Å². The Bertz CT molecular complexity index is 1310. The molecular weight excluding hydrogens is 504 g/mol. The molecule has 8 nitrogen and oxygen atoms in total. The van der Waals surface area contributed by atoms with E-state index in [9.17, 15) is 4.79 Å². The first-order chi connectivity index (χ1) is 18.7. The Hall–Kier alpha value is -2.99. The first-order valence-electron chi connectivity index (χ1n) is 14.2. The number of carbonyl (C=O) groups excluding carboxylic acids is 1. The minimum Gasteiger partial charge on any atom is -0.369 e. The van der Waals surface area contributed by atoms with Gasteiger partial charge in [-0.3, -0.25) is 4.79 Å². The first kappa shape index (κ1) is 28.5. The van der Waals surface area contributed by atoms with Crippen LogP contribution in [0.4, 0.5) is 5.69 Å². The fourth-order valence-corrected chi connectivity index (χ4v) is 6.98. The second kappa shape index (κ2) is 9.83. The summed E-state index contributed by atoms with van der Waals surface area (Å²) in [4.78, 5) is 17.2. The molecule has 0 spiro atoms. The number of ether oxygens (including phenoxy) is 3. The second-order valence-corrected chi connectivity index (χ2v) is 13.4. The first-order valence-corrected chi connectivity index (χ1v) is 14.2. The van der Waals surface area contributed by atoms with Crippen molar-refractivity contribution in [3.8, 4) is 6.07 Å². The topological polar surface area (TPSA) is 105 Å². The molecule has 3 aliphatic heterocycles. The number of rotatable bonds is 4. The maximum Gasteiger partial charge on any atom is 0.291 e. The van der Waals surface area contributed by atoms with Gasteiger partial charge in [0.05, 0.1) is 11.2 Å². The number of aliphatic imine (C=N–C) groups is 1. The molecule has 8 heteroatoms. The maximum absolute atomic E-state index is 13.1. The van der Waals surface area contributed by atoms with Crippen molar-refractivity contribution in [1.29, 1.82) is 5.26 Å². The zero-order valence-corrected chi connectivity index (χ0v) is 24.8. The van der Waals surface area contributed by atoms with Crippen LogP contribution in [0.25, 0.3) is 5.57 Å². The molecule has 40 heavy (non-hydrogen) atoms. The third-order valence-corrected chi connectivity index (χ3v) is 8.98. The van der Waals surface area contributed by atoms with E-state index in [0.29, 0.717) is 0 Å².